The van der Waals surface area contributed by atoms with Crippen molar-refractivity contribution in [2.24, 2.45) is 5.73 Å². The smallest absolute Gasteiger partial charge is 0.368 e. The summed E-state index contributed by atoms with van der Waals surface area (Å²) in [6.07, 6.45) is -1.53. The van der Waals surface area contributed by atoms with Crippen molar-refractivity contribution in [1.29, 1.82) is 0 Å². The number of nitrogens with two attached hydrogens (primary N) is 1. The first-order valence-electron chi connectivity index (χ1n) is 9.71. The fraction of sp³-hybridized carbons (Fsp3) is 0.500. The number of likely N-dealkylation sites (tertiary alicyclic amines) is 1. The molecular formula is C20H21F3N4O2S. The van der Waals surface area contributed by atoms with E-state index in [9.17, 15) is 22.8 Å². The molecule has 10 heteroatoms. The van der Waals surface area contributed by atoms with E-state index >= 15 is 0 Å². The Morgan fingerprint density at radius 1 is 1.37 bits per heavy atom. The molecule has 6 nitrogen and oxygen atoms in total. The van der Waals surface area contributed by atoms with Gasteiger partial charge in [-0.05, 0) is 50.3 Å². The van der Waals surface area contributed by atoms with Crippen LogP contribution in [0.2, 0.25) is 0 Å². The Morgan fingerprint density at radius 2 is 2.10 bits per heavy atom. The van der Waals surface area contributed by atoms with E-state index in [4.69, 9.17) is 5.73 Å². The molecule has 2 amide bonds. The van der Waals surface area contributed by atoms with Crippen molar-refractivity contribution < 1.29 is 22.8 Å². The summed E-state index contributed by atoms with van der Waals surface area (Å²) < 4.78 is 40.4. The predicted molar refractivity (Wildman–Crippen MR) is 105 cm³/mol. The second kappa shape index (κ2) is 7.33. The van der Waals surface area contributed by atoms with Crippen LogP contribution in [-0.4, -0.2) is 45.4 Å². The molecule has 1 aliphatic carbocycles. The Bertz CT molecular complexity index is 1000. The Balaban J connectivity index is 1.56. The molecule has 2 N–H and O–H groups in total. The number of rotatable bonds is 5. The van der Waals surface area contributed by atoms with Crippen LogP contribution in [0, 0.1) is 6.92 Å². The highest BCUT2D eigenvalue weighted by Gasteiger charge is 2.65. The van der Waals surface area contributed by atoms with Crippen molar-refractivity contribution in [1.82, 2.24) is 14.9 Å². The van der Waals surface area contributed by atoms with Gasteiger partial charge in [-0.2, -0.15) is 13.2 Å². The molecule has 3 heterocycles. The number of aromatic nitrogens is 2. The van der Waals surface area contributed by atoms with Gasteiger partial charge >= 0.3 is 6.18 Å². The SMILES string of the molecule is Cc1nc(CC(=O)N2CCC[C@H]2C(N)=O)sc1-c1ccnc(C2(C(F)(F)F)CC2)c1. The van der Waals surface area contributed by atoms with Gasteiger partial charge in [0.05, 0.1) is 22.7 Å². The monoisotopic (exact) mass is 438 g/mol. The molecule has 1 saturated heterocycles. The van der Waals surface area contributed by atoms with Crippen LogP contribution in [0.1, 0.15) is 42.1 Å². The van der Waals surface area contributed by atoms with Gasteiger partial charge in [0.2, 0.25) is 11.8 Å². The van der Waals surface area contributed by atoms with E-state index in [0.29, 0.717) is 34.1 Å². The second-order valence-corrected chi connectivity index (χ2v) is 8.94. The average Bonchev–Trinajstić information content (AvgIpc) is 3.22. The summed E-state index contributed by atoms with van der Waals surface area (Å²) in [5.41, 5.74) is 4.81. The molecule has 1 atom stereocenters. The molecule has 1 saturated carbocycles. The summed E-state index contributed by atoms with van der Waals surface area (Å²) in [7, 11) is 0. The fourth-order valence-electron chi connectivity index (χ4n) is 4.03. The number of nitrogens with zero attached hydrogens (tertiary/aromatic N) is 3. The summed E-state index contributed by atoms with van der Waals surface area (Å²) in [4.78, 5) is 34.8. The third kappa shape index (κ3) is 3.57. The zero-order chi connectivity index (χ0) is 21.7. The van der Waals surface area contributed by atoms with Crippen LogP contribution in [0.3, 0.4) is 0 Å². The first-order chi connectivity index (χ1) is 14.1. The number of pyridine rings is 1. The maximum absolute atomic E-state index is 13.5. The zero-order valence-corrected chi connectivity index (χ0v) is 17.1. The number of amides is 2. The predicted octanol–water partition coefficient (Wildman–Crippen LogP) is 3.13. The van der Waals surface area contributed by atoms with Crippen molar-refractivity contribution in [3.05, 3.63) is 34.7 Å². The summed E-state index contributed by atoms with van der Waals surface area (Å²) in [5.74, 6) is -0.735. The number of hydrogen-bond donors (Lipinski definition) is 1. The van der Waals surface area contributed by atoms with Crippen molar-refractivity contribution in [3.8, 4) is 10.4 Å². The highest BCUT2D eigenvalue weighted by Crippen LogP contribution is 2.58. The summed E-state index contributed by atoms with van der Waals surface area (Å²) >= 11 is 1.27. The molecule has 2 aromatic heterocycles. The molecule has 0 radical (unpaired) electrons. The largest absolute Gasteiger partial charge is 0.399 e. The third-order valence-electron chi connectivity index (χ3n) is 5.85. The van der Waals surface area contributed by atoms with Gasteiger partial charge in [-0.3, -0.25) is 14.6 Å². The van der Waals surface area contributed by atoms with Crippen molar-refractivity contribution in [3.63, 3.8) is 0 Å². The van der Waals surface area contributed by atoms with E-state index < -0.39 is 23.5 Å². The van der Waals surface area contributed by atoms with E-state index in [0.717, 1.165) is 6.42 Å². The zero-order valence-electron chi connectivity index (χ0n) is 16.3. The van der Waals surface area contributed by atoms with Crippen LogP contribution >= 0.6 is 11.3 Å². The van der Waals surface area contributed by atoms with Gasteiger partial charge in [-0.1, -0.05) is 0 Å². The highest BCUT2D eigenvalue weighted by molar-refractivity contribution is 7.15. The molecule has 0 bridgehead atoms. The van der Waals surface area contributed by atoms with Crippen molar-refractivity contribution in [2.45, 2.75) is 56.7 Å². The molecular weight excluding hydrogens is 417 g/mol. The minimum absolute atomic E-state index is 0.0271. The van der Waals surface area contributed by atoms with Crippen LogP contribution < -0.4 is 5.73 Å². The van der Waals surface area contributed by atoms with Gasteiger partial charge < -0.3 is 10.6 Å². The van der Waals surface area contributed by atoms with Gasteiger partial charge in [0.25, 0.3) is 0 Å². The lowest BCUT2D eigenvalue weighted by molar-refractivity contribution is -0.161. The number of alkyl halides is 3. The van der Waals surface area contributed by atoms with Crippen LogP contribution in [0.4, 0.5) is 13.2 Å². The normalized spacial score (nSPS) is 20.4. The van der Waals surface area contributed by atoms with Gasteiger partial charge in [0.1, 0.15) is 16.5 Å². The van der Waals surface area contributed by atoms with Crippen molar-refractivity contribution >= 4 is 23.2 Å². The molecule has 2 aliphatic rings. The molecule has 30 heavy (non-hydrogen) atoms. The lowest BCUT2D eigenvalue weighted by Gasteiger charge is -2.21. The van der Waals surface area contributed by atoms with Crippen LogP contribution in [0.5, 0.6) is 0 Å². The molecule has 1 aliphatic heterocycles. The number of halogens is 3. The number of carbonyl (C=O) groups excluding carboxylic acids is 2. The standard InChI is InChI=1S/C20H21F3N4O2S/c1-11-17(12-4-7-25-14(9-12)19(5-6-19)20(21,22)23)30-15(26-11)10-16(28)27-8-2-3-13(27)18(24)29/h4,7,9,13H,2-3,5-6,8,10H2,1H3,(H2,24,29)/t13-/m0/s1. The molecule has 0 aromatic carbocycles. The second-order valence-electron chi connectivity index (χ2n) is 7.86. The molecule has 4 rings (SSSR count). The summed E-state index contributed by atoms with van der Waals surface area (Å²) in [6.45, 7) is 2.25. The van der Waals surface area contributed by atoms with E-state index in [-0.39, 0.29) is 30.9 Å². The Labute approximate surface area is 175 Å². The third-order valence-corrected chi connectivity index (χ3v) is 7.06. The Hall–Kier alpha value is -2.49. The Morgan fingerprint density at radius 3 is 2.73 bits per heavy atom. The Kier molecular flexibility index (Phi) is 5.08. The molecule has 0 spiro atoms. The van der Waals surface area contributed by atoms with Gasteiger partial charge in [-0.15, -0.1) is 11.3 Å². The first-order valence-corrected chi connectivity index (χ1v) is 10.5. The highest BCUT2D eigenvalue weighted by atomic mass is 32.1. The lowest BCUT2D eigenvalue weighted by Crippen LogP contribution is -2.44. The topological polar surface area (TPSA) is 89.2 Å². The van der Waals surface area contributed by atoms with Gasteiger partial charge in [0, 0.05) is 12.7 Å². The number of primary amides is 1. The fourth-order valence-corrected chi connectivity index (χ4v) is 5.08. The quantitative estimate of drug-likeness (QED) is 0.777. The van der Waals surface area contributed by atoms with E-state index in [1.807, 2.05) is 0 Å². The maximum Gasteiger partial charge on any atom is 0.399 e. The maximum atomic E-state index is 13.5. The van der Waals surface area contributed by atoms with E-state index in [1.54, 1.807) is 13.0 Å². The van der Waals surface area contributed by atoms with Crippen LogP contribution in [0.15, 0.2) is 18.3 Å². The molecule has 0 unspecified atom stereocenters. The molecule has 2 fully saturated rings. The van der Waals surface area contributed by atoms with E-state index in [1.165, 1.54) is 28.5 Å². The number of thiazole rings is 1. The van der Waals surface area contributed by atoms with Crippen LogP contribution in [0.25, 0.3) is 10.4 Å². The number of hydrogen-bond acceptors (Lipinski definition) is 5. The summed E-state index contributed by atoms with van der Waals surface area (Å²) in [5, 5.41) is 0.554. The minimum Gasteiger partial charge on any atom is -0.368 e. The minimum atomic E-state index is -4.33. The summed E-state index contributed by atoms with van der Waals surface area (Å²) in [6, 6.07) is 2.56. The van der Waals surface area contributed by atoms with Gasteiger partial charge in [0.15, 0.2) is 0 Å². The van der Waals surface area contributed by atoms with E-state index in [2.05, 4.69) is 9.97 Å². The number of aryl methyl sites for hydroxylation is 1. The average molecular weight is 438 g/mol. The number of carbonyl (C=O) groups is 2. The molecule has 2 aromatic rings. The van der Waals surface area contributed by atoms with Crippen molar-refractivity contribution in [2.75, 3.05) is 6.54 Å². The van der Waals surface area contributed by atoms with Crippen LogP contribution in [-0.2, 0) is 21.4 Å². The molecule has 160 valence electrons. The first kappa shape index (κ1) is 20.8. The van der Waals surface area contributed by atoms with Gasteiger partial charge in [-0.25, -0.2) is 4.98 Å². The lowest BCUT2D eigenvalue weighted by atomic mass is 9.99.